The summed E-state index contributed by atoms with van der Waals surface area (Å²) in [6, 6.07) is 6.34. The molecular weight excluding hydrogens is 425 g/mol. The van der Waals surface area contributed by atoms with E-state index in [0.29, 0.717) is 23.6 Å². The number of ether oxygens (including phenoxy) is 1. The van der Waals surface area contributed by atoms with Gasteiger partial charge in [-0.2, -0.15) is 0 Å². The first-order valence-corrected chi connectivity index (χ1v) is 11.2. The van der Waals surface area contributed by atoms with Crippen molar-refractivity contribution < 1.29 is 18.7 Å². The summed E-state index contributed by atoms with van der Waals surface area (Å²) in [6.07, 6.45) is 8.77. The molecule has 1 unspecified atom stereocenters. The van der Waals surface area contributed by atoms with Gasteiger partial charge in [-0.05, 0) is 36.6 Å². The summed E-state index contributed by atoms with van der Waals surface area (Å²) < 4.78 is 19.6. The van der Waals surface area contributed by atoms with Gasteiger partial charge in [0.05, 0.1) is 42.4 Å². The molecule has 2 aromatic heterocycles. The van der Waals surface area contributed by atoms with Crippen LogP contribution in [-0.4, -0.2) is 33.4 Å². The maximum atomic E-state index is 13.6. The van der Waals surface area contributed by atoms with Gasteiger partial charge < -0.3 is 4.74 Å². The molecule has 1 aliphatic carbocycles. The summed E-state index contributed by atoms with van der Waals surface area (Å²) in [5, 5.41) is 0.279. The number of esters is 1. The van der Waals surface area contributed by atoms with Gasteiger partial charge >= 0.3 is 5.97 Å². The Morgan fingerprint density at radius 1 is 1.15 bits per heavy atom. The molecule has 0 bridgehead atoms. The highest BCUT2D eigenvalue weighted by atomic mass is 19.1. The van der Waals surface area contributed by atoms with Gasteiger partial charge in [-0.25, -0.2) is 14.2 Å². The Kier molecular flexibility index (Phi) is 6.91. The summed E-state index contributed by atoms with van der Waals surface area (Å²) in [6.45, 7) is 0. The van der Waals surface area contributed by atoms with E-state index in [-0.39, 0.29) is 28.7 Å². The Morgan fingerprint density at radius 3 is 2.64 bits per heavy atom. The minimum absolute atomic E-state index is 0.0206. The highest BCUT2D eigenvalue weighted by Crippen LogP contribution is 2.31. The highest BCUT2D eigenvalue weighted by Gasteiger charge is 2.27. The minimum atomic E-state index is -0.690. The van der Waals surface area contributed by atoms with Crippen molar-refractivity contribution in [2.45, 2.75) is 51.0 Å². The first kappa shape index (κ1) is 22.8. The largest absolute Gasteiger partial charge is 0.465 e. The molecule has 172 valence electrons. The predicted molar refractivity (Wildman–Crippen MR) is 120 cm³/mol. The van der Waals surface area contributed by atoms with Crippen LogP contribution in [0, 0.1) is 11.7 Å². The van der Waals surface area contributed by atoms with Crippen LogP contribution in [0.3, 0.4) is 0 Å². The van der Waals surface area contributed by atoms with Crippen molar-refractivity contribution in [2.24, 2.45) is 5.92 Å². The molecule has 0 amide bonds. The Hall–Kier alpha value is -3.42. The van der Waals surface area contributed by atoms with E-state index < -0.39 is 17.8 Å². The van der Waals surface area contributed by atoms with Gasteiger partial charge in [-0.15, -0.1) is 0 Å². The summed E-state index contributed by atoms with van der Waals surface area (Å²) in [5.41, 5.74) is 0.711. The number of fused-ring (bicyclic) bond motifs is 1. The maximum Gasteiger partial charge on any atom is 0.339 e. The van der Waals surface area contributed by atoms with Gasteiger partial charge in [0.15, 0.2) is 5.78 Å². The molecular formula is C25H26FN3O4. The van der Waals surface area contributed by atoms with Crippen molar-refractivity contribution in [3.63, 3.8) is 0 Å². The van der Waals surface area contributed by atoms with E-state index in [2.05, 4.69) is 14.7 Å². The molecule has 0 N–H and O–H groups in total. The van der Waals surface area contributed by atoms with E-state index in [1.165, 1.54) is 48.8 Å². The number of aromatic nitrogens is 3. The van der Waals surface area contributed by atoms with E-state index in [1.54, 1.807) is 12.1 Å². The first-order chi connectivity index (χ1) is 16.0. The van der Waals surface area contributed by atoms with Gasteiger partial charge in [0.25, 0.3) is 5.56 Å². The predicted octanol–water partition coefficient (Wildman–Crippen LogP) is 4.04. The van der Waals surface area contributed by atoms with Crippen LogP contribution in [-0.2, 0) is 16.0 Å². The number of pyridine rings is 1. The number of ketones is 1. The number of hydrogen-bond acceptors (Lipinski definition) is 6. The molecule has 33 heavy (non-hydrogen) atoms. The lowest BCUT2D eigenvalue weighted by molar-refractivity contribution is -0.122. The Balaban J connectivity index is 1.64. The quantitative estimate of drug-likeness (QED) is 0.504. The number of carbonyl (C=O) groups is 2. The van der Waals surface area contributed by atoms with Crippen molar-refractivity contribution in [1.82, 2.24) is 14.5 Å². The summed E-state index contributed by atoms with van der Waals surface area (Å²) in [5.74, 6) is -0.772. The second-order valence-corrected chi connectivity index (χ2v) is 8.55. The highest BCUT2D eigenvalue weighted by molar-refractivity contribution is 5.89. The van der Waals surface area contributed by atoms with Crippen LogP contribution in [0.4, 0.5) is 4.39 Å². The zero-order valence-electron chi connectivity index (χ0n) is 18.5. The Morgan fingerprint density at radius 2 is 1.94 bits per heavy atom. The molecule has 0 aliphatic heterocycles. The standard InChI is InChI=1S/C25H26FN3O4/c1-33-25(32)17-7-9-19(27-14-17)13-23(30)22(11-16-5-3-2-4-6-16)29-15-28-21-12-18(26)8-10-20(21)24(29)31/h7-10,12,14-16,22H,2-6,11,13H2,1H3. The molecule has 1 saturated carbocycles. The SMILES string of the molecule is COC(=O)c1ccc(CC(=O)C(CC2CCCCC2)n2cnc3cc(F)ccc3c2=O)nc1. The third-order valence-electron chi connectivity index (χ3n) is 6.34. The minimum Gasteiger partial charge on any atom is -0.465 e. The van der Waals surface area contributed by atoms with E-state index in [0.717, 1.165) is 25.7 Å². The van der Waals surface area contributed by atoms with Crippen LogP contribution in [0.2, 0.25) is 0 Å². The molecule has 0 saturated heterocycles. The molecule has 0 spiro atoms. The third-order valence-corrected chi connectivity index (χ3v) is 6.34. The summed E-state index contributed by atoms with van der Waals surface area (Å²) >= 11 is 0. The Labute approximate surface area is 190 Å². The topological polar surface area (TPSA) is 91.2 Å². The lowest BCUT2D eigenvalue weighted by Gasteiger charge is -2.27. The monoisotopic (exact) mass is 451 g/mol. The molecule has 8 heteroatoms. The fraction of sp³-hybridized carbons (Fsp3) is 0.400. The number of Topliss-reactive ketones (excluding diaryl/α,β-unsaturated/α-hetero) is 1. The van der Waals surface area contributed by atoms with E-state index in [4.69, 9.17) is 0 Å². The number of rotatable bonds is 7. The lowest BCUT2D eigenvalue weighted by atomic mass is 9.83. The van der Waals surface area contributed by atoms with Gasteiger partial charge in [-0.1, -0.05) is 32.1 Å². The van der Waals surface area contributed by atoms with Crippen molar-refractivity contribution in [2.75, 3.05) is 7.11 Å². The average molecular weight is 451 g/mol. The maximum absolute atomic E-state index is 13.6. The zero-order chi connectivity index (χ0) is 23.4. The van der Waals surface area contributed by atoms with Gasteiger partial charge in [0.1, 0.15) is 5.82 Å². The molecule has 1 atom stereocenters. The van der Waals surface area contributed by atoms with Crippen molar-refractivity contribution in [3.8, 4) is 0 Å². The molecule has 4 rings (SSSR count). The van der Waals surface area contributed by atoms with Crippen molar-refractivity contribution >= 4 is 22.7 Å². The molecule has 1 aliphatic rings. The number of halogens is 1. The smallest absolute Gasteiger partial charge is 0.339 e. The second-order valence-electron chi connectivity index (χ2n) is 8.55. The Bertz CT molecular complexity index is 1220. The fourth-order valence-corrected chi connectivity index (χ4v) is 4.53. The number of hydrogen-bond donors (Lipinski definition) is 0. The number of benzene rings is 1. The number of methoxy groups -OCH3 is 1. The molecule has 7 nitrogen and oxygen atoms in total. The molecule has 2 heterocycles. The third kappa shape index (κ3) is 5.16. The van der Waals surface area contributed by atoms with E-state index in [9.17, 15) is 18.8 Å². The van der Waals surface area contributed by atoms with Gasteiger partial charge in [0.2, 0.25) is 0 Å². The van der Waals surface area contributed by atoms with E-state index >= 15 is 0 Å². The van der Waals surface area contributed by atoms with Crippen LogP contribution in [0.5, 0.6) is 0 Å². The second kappa shape index (κ2) is 10.0. The van der Waals surface area contributed by atoms with Gasteiger partial charge in [-0.3, -0.25) is 19.1 Å². The number of nitrogens with zero attached hydrogens (tertiary/aromatic N) is 3. The number of carbonyl (C=O) groups excluding carboxylic acids is 2. The van der Waals surface area contributed by atoms with E-state index in [1.807, 2.05) is 0 Å². The van der Waals surface area contributed by atoms with Crippen LogP contribution >= 0.6 is 0 Å². The van der Waals surface area contributed by atoms with Crippen LogP contribution in [0.15, 0.2) is 47.7 Å². The lowest BCUT2D eigenvalue weighted by Crippen LogP contribution is -2.33. The molecule has 0 radical (unpaired) electrons. The van der Waals surface area contributed by atoms with Gasteiger partial charge in [0, 0.05) is 18.0 Å². The van der Waals surface area contributed by atoms with Crippen molar-refractivity contribution in [3.05, 3.63) is 70.3 Å². The molecule has 3 aromatic rings. The molecule has 1 fully saturated rings. The normalized spacial score (nSPS) is 15.3. The summed E-state index contributed by atoms with van der Waals surface area (Å²) in [4.78, 5) is 46.7. The van der Waals surface area contributed by atoms with Crippen LogP contribution < -0.4 is 5.56 Å². The average Bonchev–Trinajstić information content (AvgIpc) is 2.83. The summed E-state index contributed by atoms with van der Waals surface area (Å²) in [7, 11) is 1.29. The van der Waals surface area contributed by atoms with Crippen LogP contribution in [0.1, 0.15) is 60.6 Å². The zero-order valence-corrected chi connectivity index (χ0v) is 18.5. The molecule has 1 aromatic carbocycles. The first-order valence-electron chi connectivity index (χ1n) is 11.2. The fourth-order valence-electron chi connectivity index (χ4n) is 4.53. The van der Waals surface area contributed by atoms with Crippen molar-refractivity contribution in [1.29, 1.82) is 0 Å². The van der Waals surface area contributed by atoms with Crippen LogP contribution in [0.25, 0.3) is 10.9 Å².